The van der Waals surface area contributed by atoms with Crippen LogP contribution in [-0.2, 0) is 6.61 Å². The van der Waals surface area contributed by atoms with Crippen molar-refractivity contribution >= 4 is 5.91 Å². The fourth-order valence-electron chi connectivity index (χ4n) is 3.37. The van der Waals surface area contributed by atoms with Crippen LogP contribution in [0.25, 0.3) is 0 Å². The molecule has 0 unspecified atom stereocenters. The molecule has 1 amide bonds. The highest BCUT2D eigenvalue weighted by atomic mass is 16.5. The molecule has 0 atom stereocenters. The summed E-state index contributed by atoms with van der Waals surface area (Å²) in [5.41, 5.74) is 3.63. The van der Waals surface area contributed by atoms with Crippen LogP contribution in [0.2, 0.25) is 0 Å². The fourth-order valence-corrected chi connectivity index (χ4v) is 3.37. The third-order valence-corrected chi connectivity index (χ3v) is 4.91. The fraction of sp³-hybridized carbons (Fsp3) is 0.0741. The molecular formula is C27H23NO2. The van der Waals surface area contributed by atoms with Crippen LogP contribution in [0.5, 0.6) is 5.75 Å². The average Bonchev–Trinajstić information content (AvgIpc) is 2.83. The SMILES string of the molecule is O=C(NC(c1ccccc1)c1ccccc1)c1ccccc1OCc1ccccc1. The van der Waals surface area contributed by atoms with Crippen LogP contribution in [0.4, 0.5) is 0 Å². The number of carbonyl (C=O) groups is 1. The van der Waals surface area contributed by atoms with Crippen LogP contribution >= 0.6 is 0 Å². The van der Waals surface area contributed by atoms with E-state index in [4.69, 9.17) is 4.74 Å². The number of nitrogens with one attached hydrogen (secondary N) is 1. The summed E-state index contributed by atoms with van der Waals surface area (Å²) in [5, 5.41) is 3.19. The van der Waals surface area contributed by atoms with Gasteiger partial charge in [-0.25, -0.2) is 0 Å². The standard InChI is InChI=1S/C27H23NO2/c29-27(24-18-10-11-19-25(24)30-20-21-12-4-1-5-13-21)28-26(22-14-6-2-7-15-22)23-16-8-3-9-17-23/h1-19,26H,20H2,(H,28,29). The van der Waals surface area contributed by atoms with Crippen LogP contribution in [0.3, 0.4) is 0 Å². The van der Waals surface area contributed by atoms with E-state index in [1.54, 1.807) is 6.07 Å². The van der Waals surface area contributed by atoms with Crippen molar-refractivity contribution in [1.82, 2.24) is 5.32 Å². The molecule has 0 fully saturated rings. The van der Waals surface area contributed by atoms with Gasteiger partial charge in [0.1, 0.15) is 12.4 Å². The van der Waals surface area contributed by atoms with Gasteiger partial charge in [-0.15, -0.1) is 0 Å². The molecule has 0 heterocycles. The van der Waals surface area contributed by atoms with Gasteiger partial charge in [-0.3, -0.25) is 4.79 Å². The molecule has 0 bridgehead atoms. The van der Waals surface area contributed by atoms with Crippen molar-refractivity contribution in [3.05, 3.63) is 138 Å². The molecule has 0 spiro atoms. The first-order chi connectivity index (χ1) is 14.8. The summed E-state index contributed by atoms with van der Waals surface area (Å²) in [4.78, 5) is 13.2. The molecule has 0 aliphatic rings. The molecular weight excluding hydrogens is 370 g/mol. The zero-order valence-electron chi connectivity index (χ0n) is 16.6. The minimum absolute atomic E-state index is 0.170. The van der Waals surface area contributed by atoms with Gasteiger partial charge in [0, 0.05) is 0 Å². The molecule has 4 aromatic rings. The van der Waals surface area contributed by atoms with Crippen molar-refractivity contribution < 1.29 is 9.53 Å². The van der Waals surface area contributed by atoms with Crippen molar-refractivity contribution in [3.63, 3.8) is 0 Å². The largest absolute Gasteiger partial charge is 0.488 e. The summed E-state index contributed by atoms with van der Waals surface area (Å²) in [7, 11) is 0. The van der Waals surface area contributed by atoms with E-state index in [9.17, 15) is 4.79 Å². The van der Waals surface area contributed by atoms with E-state index in [0.29, 0.717) is 17.9 Å². The van der Waals surface area contributed by atoms with E-state index < -0.39 is 0 Å². The molecule has 4 rings (SSSR count). The van der Waals surface area contributed by atoms with Gasteiger partial charge < -0.3 is 10.1 Å². The van der Waals surface area contributed by atoms with Gasteiger partial charge in [0.05, 0.1) is 11.6 Å². The molecule has 0 saturated heterocycles. The smallest absolute Gasteiger partial charge is 0.255 e. The number of hydrogen-bond acceptors (Lipinski definition) is 2. The number of amides is 1. The van der Waals surface area contributed by atoms with Gasteiger partial charge >= 0.3 is 0 Å². The van der Waals surface area contributed by atoms with Crippen LogP contribution in [-0.4, -0.2) is 5.91 Å². The second kappa shape index (κ2) is 9.57. The lowest BCUT2D eigenvalue weighted by atomic mass is 9.98. The number of ether oxygens (including phenoxy) is 1. The van der Waals surface area contributed by atoms with Crippen molar-refractivity contribution in [2.45, 2.75) is 12.6 Å². The molecule has 0 aromatic heterocycles. The van der Waals surface area contributed by atoms with E-state index >= 15 is 0 Å². The van der Waals surface area contributed by atoms with Gasteiger partial charge in [-0.2, -0.15) is 0 Å². The topological polar surface area (TPSA) is 38.3 Å². The van der Waals surface area contributed by atoms with Crippen molar-refractivity contribution in [3.8, 4) is 5.75 Å². The lowest BCUT2D eigenvalue weighted by Crippen LogP contribution is -2.29. The lowest BCUT2D eigenvalue weighted by Gasteiger charge is -2.21. The minimum Gasteiger partial charge on any atom is -0.488 e. The molecule has 1 N–H and O–H groups in total. The Kier molecular flexibility index (Phi) is 6.21. The second-order valence-corrected chi connectivity index (χ2v) is 7.00. The van der Waals surface area contributed by atoms with Crippen LogP contribution < -0.4 is 10.1 Å². The number of carbonyl (C=O) groups excluding carboxylic acids is 1. The van der Waals surface area contributed by atoms with Gasteiger partial charge in [0.2, 0.25) is 0 Å². The Hall–Kier alpha value is -3.85. The molecule has 4 aromatic carbocycles. The molecule has 0 aliphatic heterocycles. The lowest BCUT2D eigenvalue weighted by molar-refractivity contribution is 0.0938. The number of benzene rings is 4. The van der Waals surface area contributed by atoms with Gasteiger partial charge in [0.15, 0.2) is 0 Å². The predicted octanol–water partition coefficient (Wildman–Crippen LogP) is 5.79. The van der Waals surface area contributed by atoms with Gasteiger partial charge in [-0.1, -0.05) is 103 Å². The van der Waals surface area contributed by atoms with Crippen molar-refractivity contribution in [2.75, 3.05) is 0 Å². The highest BCUT2D eigenvalue weighted by Gasteiger charge is 2.20. The molecule has 3 heteroatoms. The highest BCUT2D eigenvalue weighted by molar-refractivity contribution is 5.97. The zero-order valence-corrected chi connectivity index (χ0v) is 16.6. The maximum Gasteiger partial charge on any atom is 0.255 e. The Morgan fingerprint density at radius 1 is 0.667 bits per heavy atom. The number of para-hydroxylation sites is 1. The predicted molar refractivity (Wildman–Crippen MR) is 119 cm³/mol. The van der Waals surface area contributed by atoms with Crippen molar-refractivity contribution in [2.24, 2.45) is 0 Å². The Bertz CT molecular complexity index is 1040. The van der Waals surface area contributed by atoms with Crippen LogP contribution in [0.1, 0.15) is 33.1 Å². The van der Waals surface area contributed by atoms with Crippen LogP contribution in [0, 0.1) is 0 Å². The highest BCUT2D eigenvalue weighted by Crippen LogP contribution is 2.25. The summed E-state index contributed by atoms with van der Waals surface area (Å²) < 4.78 is 5.98. The third-order valence-electron chi connectivity index (χ3n) is 4.91. The first-order valence-electron chi connectivity index (χ1n) is 9.98. The minimum atomic E-state index is -0.248. The van der Waals surface area contributed by atoms with Gasteiger partial charge in [0.25, 0.3) is 5.91 Å². The Balaban J connectivity index is 1.57. The van der Waals surface area contributed by atoms with E-state index in [1.165, 1.54) is 0 Å². The van der Waals surface area contributed by atoms with Crippen molar-refractivity contribution in [1.29, 1.82) is 0 Å². The summed E-state index contributed by atoms with van der Waals surface area (Å²) in [6.07, 6.45) is 0. The summed E-state index contributed by atoms with van der Waals surface area (Å²) >= 11 is 0. The van der Waals surface area contributed by atoms with E-state index in [2.05, 4.69) is 5.32 Å². The average molecular weight is 393 g/mol. The maximum atomic E-state index is 13.2. The molecule has 148 valence electrons. The summed E-state index contributed by atoms with van der Waals surface area (Å²) in [5.74, 6) is 0.398. The van der Waals surface area contributed by atoms with E-state index in [1.807, 2.05) is 109 Å². The monoisotopic (exact) mass is 393 g/mol. The zero-order chi connectivity index (χ0) is 20.6. The second-order valence-electron chi connectivity index (χ2n) is 7.00. The Morgan fingerprint density at radius 3 is 1.77 bits per heavy atom. The molecule has 0 saturated carbocycles. The maximum absolute atomic E-state index is 13.2. The first-order valence-corrected chi connectivity index (χ1v) is 9.98. The third kappa shape index (κ3) is 4.76. The molecule has 3 nitrogen and oxygen atoms in total. The quantitative estimate of drug-likeness (QED) is 0.432. The first kappa shape index (κ1) is 19.5. The summed E-state index contributed by atoms with van der Waals surface area (Å²) in [6.45, 7) is 0.409. The Morgan fingerprint density at radius 2 is 1.17 bits per heavy atom. The molecule has 30 heavy (non-hydrogen) atoms. The molecule has 0 radical (unpaired) electrons. The number of hydrogen-bond donors (Lipinski definition) is 1. The van der Waals surface area contributed by atoms with Crippen LogP contribution in [0.15, 0.2) is 115 Å². The van der Waals surface area contributed by atoms with E-state index in [0.717, 1.165) is 16.7 Å². The van der Waals surface area contributed by atoms with Gasteiger partial charge in [-0.05, 0) is 28.8 Å². The molecule has 0 aliphatic carbocycles. The normalized spacial score (nSPS) is 10.6. The number of rotatable bonds is 7. The summed E-state index contributed by atoms with van der Waals surface area (Å²) in [6, 6.07) is 37.0. The Labute approximate surface area is 177 Å². The van der Waals surface area contributed by atoms with E-state index in [-0.39, 0.29) is 11.9 Å².